The second-order valence-electron chi connectivity index (χ2n) is 1.98. The highest BCUT2D eigenvalue weighted by Gasteiger charge is 1.80. The summed E-state index contributed by atoms with van der Waals surface area (Å²) >= 11 is 0. The third-order valence-corrected chi connectivity index (χ3v) is 1.04. The van der Waals surface area contributed by atoms with Gasteiger partial charge in [0.25, 0.3) is 0 Å². The second kappa shape index (κ2) is 4.07. The molecule has 0 unspecified atom stereocenters. The van der Waals surface area contributed by atoms with Crippen LogP contribution in [0.1, 0.15) is 20.8 Å². The molecular formula is C8H12O. The number of rotatable bonds is 2. The Labute approximate surface area is 56.1 Å². The molecule has 0 aliphatic heterocycles. The SMILES string of the molecule is CC=C(C)/C=C\C(C)=O. The first kappa shape index (κ1) is 8.15. The first-order chi connectivity index (χ1) is 4.16. The maximum atomic E-state index is 10.4. The number of hydrogen-bond acceptors (Lipinski definition) is 1. The maximum absolute atomic E-state index is 10.4. The van der Waals surface area contributed by atoms with E-state index in [0.29, 0.717) is 0 Å². The molecule has 0 aromatic heterocycles. The highest BCUT2D eigenvalue weighted by atomic mass is 16.1. The molecule has 1 heteroatoms. The lowest BCUT2D eigenvalue weighted by molar-refractivity contribution is -0.112. The van der Waals surface area contributed by atoms with Crippen molar-refractivity contribution < 1.29 is 4.79 Å². The van der Waals surface area contributed by atoms with Crippen LogP contribution in [0.15, 0.2) is 23.8 Å². The van der Waals surface area contributed by atoms with Gasteiger partial charge in [-0.1, -0.05) is 17.7 Å². The van der Waals surface area contributed by atoms with Gasteiger partial charge in [-0.05, 0) is 26.8 Å². The highest BCUT2D eigenvalue weighted by Crippen LogP contribution is 1.92. The predicted molar refractivity (Wildman–Crippen MR) is 39.3 cm³/mol. The average molecular weight is 124 g/mol. The third-order valence-electron chi connectivity index (χ3n) is 1.04. The molecule has 0 heterocycles. The molecule has 0 aromatic rings. The zero-order chi connectivity index (χ0) is 7.28. The Bertz CT molecular complexity index is 152. The summed E-state index contributed by atoms with van der Waals surface area (Å²) in [6.07, 6.45) is 5.33. The fourth-order valence-corrected chi connectivity index (χ4v) is 0.345. The first-order valence-corrected chi connectivity index (χ1v) is 2.98. The molecule has 0 amide bonds. The molecule has 0 fully saturated rings. The molecule has 0 saturated heterocycles. The van der Waals surface area contributed by atoms with E-state index in [9.17, 15) is 4.79 Å². The topological polar surface area (TPSA) is 17.1 Å². The minimum absolute atomic E-state index is 0.0937. The Hall–Kier alpha value is -0.850. The van der Waals surface area contributed by atoms with Crippen LogP contribution in [0.5, 0.6) is 0 Å². The van der Waals surface area contributed by atoms with Gasteiger partial charge in [-0.3, -0.25) is 4.79 Å². The minimum Gasteiger partial charge on any atom is -0.295 e. The van der Waals surface area contributed by atoms with Crippen molar-refractivity contribution in [3.05, 3.63) is 23.8 Å². The average Bonchev–Trinajstić information content (AvgIpc) is 1.83. The van der Waals surface area contributed by atoms with Crippen molar-refractivity contribution in [1.82, 2.24) is 0 Å². The number of hydrogen-bond donors (Lipinski definition) is 0. The van der Waals surface area contributed by atoms with Crippen LogP contribution in [0.4, 0.5) is 0 Å². The number of carbonyl (C=O) groups excluding carboxylic acids is 1. The van der Waals surface area contributed by atoms with Gasteiger partial charge in [-0.2, -0.15) is 0 Å². The molecule has 0 aliphatic rings. The van der Waals surface area contributed by atoms with E-state index < -0.39 is 0 Å². The molecule has 1 nitrogen and oxygen atoms in total. The summed E-state index contributed by atoms with van der Waals surface area (Å²) in [6, 6.07) is 0. The lowest BCUT2D eigenvalue weighted by Crippen LogP contribution is -1.79. The standard InChI is InChI=1S/C8H12O/c1-4-7(2)5-6-8(3)9/h4-6H,1-3H3/b6-5-,7-4?. The molecule has 0 aromatic carbocycles. The molecule has 0 bridgehead atoms. The second-order valence-corrected chi connectivity index (χ2v) is 1.98. The summed E-state index contributed by atoms with van der Waals surface area (Å²) in [7, 11) is 0. The molecule has 0 aliphatic carbocycles. The van der Waals surface area contributed by atoms with E-state index in [1.165, 1.54) is 0 Å². The lowest BCUT2D eigenvalue weighted by atomic mass is 10.2. The van der Waals surface area contributed by atoms with E-state index in [-0.39, 0.29) is 5.78 Å². The van der Waals surface area contributed by atoms with Crippen molar-refractivity contribution in [2.24, 2.45) is 0 Å². The van der Waals surface area contributed by atoms with Crippen LogP contribution in [-0.2, 0) is 4.79 Å². The van der Waals surface area contributed by atoms with E-state index in [0.717, 1.165) is 5.57 Å². The molecule has 0 spiro atoms. The predicted octanol–water partition coefficient (Wildman–Crippen LogP) is 2.10. The maximum Gasteiger partial charge on any atom is 0.152 e. The van der Waals surface area contributed by atoms with Crippen LogP contribution >= 0.6 is 0 Å². The minimum atomic E-state index is 0.0937. The zero-order valence-corrected chi connectivity index (χ0v) is 6.14. The molecule has 9 heavy (non-hydrogen) atoms. The Balaban J connectivity index is 3.86. The molecule has 0 N–H and O–H groups in total. The van der Waals surface area contributed by atoms with Crippen LogP contribution in [0.3, 0.4) is 0 Å². The Morgan fingerprint density at radius 3 is 2.11 bits per heavy atom. The molecule has 0 rings (SSSR count). The van der Waals surface area contributed by atoms with E-state index in [1.54, 1.807) is 13.0 Å². The van der Waals surface area contributed by atoms with Gasteiger partial charge in [0.15, 0.2) is 5.78 Å². The van der Waals surface area contributed by atoms with E-state index >= 15 is 0 Å². The fourth-order valence-electron chi connectivity index (χ4n) is 0.345. The van der Waals surface area contributed by atoms with Gasteiger partial charge in [0, 0.05) is 0 Å². The van der Waals surface area contributed by atoms with Crippen LogP contribution in [-0.4, -0.2) is 5.78 Å². The summed E-state index contributed by atoms with van der Waals surface area (Å²) in [4.78, 5) is 10.4. The third kappa shape index (κ3) is 5.01. The number of allylic oxidation sites excluding steroid dienone is 4. The largest absolute Gasteiger partial charge is 0.295 e. The number of ketones is 1. The molecule has 0 saturated carbocycles. The van der Waals surface area contributed by atoms with E-state index in [1.807, 2.05) is 26.0 Å². The molecular weight excluding hydrogens is 112 g/mol. The zero-order valence-electron chi connectivity index (χ0n) is 6.14. The van der Waals surface area contributed by atoms with Crippen molar-refractivity contribution in [3.8, 4) is 0 Å². The van der Waals surface area contributed by atoms with Crippen molar-refractivity contribution in [1.29, 1.82) is 0 Å². The normalized spacial score (nSPS) is 12.6. The number of carbonyl (C=O) groups is 1. The van der Waals surface area contributed by atoms with Gasteiger partial charge in [-0.15, -0.1) is 0 Å². The highest BCUT2D eigenvalue weighted by molar-refractivity contribution is 5.87. The van der Waals surface area contributed by atoms with Gasteiger partial charge in [0.2, 0.25) is 0 Å². The van der Waals surface area contributed by atoms with Gasteiger partial charge in [0.1, 0.15) is 0 Å². The summed E-state index contributed by atoms with van der Waals surface area (Å²) in [6.45, 7) is 5.44. The summed E-state index contributed by atoms with van der Waals surface area (Å²) in [5.41, 5.74) is 1.12. The van der Waals surface area contributed by atoms with E-state index in [2.05, 4.69) is 0 Å². The summed E-state index contributed by atoms with van der Waals surface area (Å²) in [5, 5.41) is 0. The van der Waals surface area contributed by atoms with Crippen molar-refractivity contribution >= 4 is 5.78 Å². The lowest BCUT2D eigenvalue weighted by Gasteiger charge is -1.84. The molecule has 0 atom stereocenters. The first-order valence-electron chi connectivity index (χ1n) is 2.98. The van der Waals surface area contributed by atoms with Crippen LogP contribution < -0.4 is 0 Å². The molecule has 0 radical (unpaired) electrons. The quantitative estimate of drug-likeness (QED) is 0.407. The van der Waals surface area contributed by atoms with E-state index in [4.69, 9.17) is 0 Å². The Kier molecular flexibility index (Phi) is 3.69. The van der Waals surface area contributed by atoms with Crippen LogP contribution in [0.25, 0.3) is 0 Å². The Morgan fingerprint density at radius 2 is 1.78 bits per heavy atom. The monoisotopic (exact) mass is 124 g/mol. The van der Waals surface area contributed by atoms with Gasteiger partial charge in [0.05, 0.1) is 0 Å². The molecule has 50 valence electrons. The summed E-state index contributed by atoms with van der Waals surface area (Å²) < 4.78 is 0. The van der Waals surface area contributed by atoms with Gasteiger partial charge >= 0.3 is 0 Å². The fraction of sp³-hybridized carbons (Fsp3) is 0.375. The summed E-state index contributed by atoms with van der Waals surface area (Å²) in [5.74, 6) is 0.0937. The van der Waals surface area contributed by atoms with Gasteiger partial charge < -0.3 is 0 Å². The van der Waals surface area contributed by atoms with Crippen molar-refractivity contribution in [2.75, 3.05) is 0 Å². The van der Waals surface area contributed by atoms with Crippen molar-refractivity contribution in [2.45, 2.75) is 20.8 Å². The smallest absolute Gasteiger partial charge is 0.152 e. The Morgan fingerprint density at radius 1 is 1.22 bits per heavy atom. The van der Waals surface area contributed by atoms with Crippen LogP contribution in [0.2, 0.25) is 0 Å². The van der Waals surface area contributed by atoms with Crippen LogP contribution in [0, 0.1) is 0 Å². The van der Waals surface area contributed by atoms with Gasteiger partial charge in [-0.25, -0.2) is 0 Å². The van der Waals surface area contributed by atoms with Crippen molar-refractivity contribution in [3.63, 3.8) is 0 Å².